The first kappa shape index (κ1) is 19.8. The second kappa shape index (κ2) is 8.96. The fourth-order valence-electron chi connectivity index (χ4n) is 1.35. The van der Waals surface area contributed by atoms with E-state index in [0.717, 1.165) is 0 Å². The summed E-state index contributed by atoms with van der Waals surface area (Å²) in [6.07, 6.45) is -3.81. The molecule has 0 saturated heterocycles. The third-order valence-electron chi connectivity index (χ3n) is 2.22. The maximum Gasteiger partial charge on any atom is 0.422 e. The molecule has 0 bridgehead atoms. The van der Waals surface area contributed by atoms with Crippen molar-refractivity contribution in [2.24, 2.45) is 5.73 Å². The molecule has 0 unspecified atom stereocenters. The van der Waals surface area contributed by atoms with Gasteiger partial charge in [-0.1, -0.05) is 11.6 Å². The highest BCUT2D eigenvalue weighted by atomic mass is 35.5. The molecule has 0 radical (unpaired) electrons. The Labute approximate surface area is 131 Å². The van der Waals surface area contributed by atoms with Gasteiger partial charge in [-0.2, -0.15) is 13.2 Å². The Kier molecular flexibility index (Phi) is 8.46. The molecule has 0 aliphatic heterocycles. The third kappa shape index (κ3) is 7.99. The number of amides is 1. The zero-order valence-corrected chi connectivity index (χ0v) is 12.4. The van der Waals surface area contributed by atoms with Crippen LogP contribution in [0.4, 0.5) is 18.9 Å². The minimum absolute atomic E-state index is 0. The maximum absolute atomic E-state index is 12.1. The number of alkyl halides is 3. The second-order valence-electron chi connectivity index (χ2n) is 3.98. The monoisotopic (exact) mass is 346 g/mol. The first-order chi connectivity index (χ1) is 9.31. The highest BCUT2D eigenvalue weighted by molar-refractivity contribution is 6.30. The van der Waals surface area contributed by atoms with Gasteiger partial charge in [-0.25, -0.2) is 0 Å². The molecule has 9 heteroatoms. The van der Waals surface area contributed by atoms with Crippen molar-refractivity contribution in [1.29, 1.82) is 0 Å². The maximum atomic E-state index is 12.1. The molecule has 1 aromatic carbocycles. The lowest BCUT2D eigenvalue weighted by Crippen LogP contribution is -2.20. The third-order valence-corrected chi connectivity index (χ3v) is 2.45. The Hall–Kier alpha value is -1.18. The number of nitrogens with one attached hydrogen (secondary N) is 1. The van der Waals surface area contributed by atoms with Gasteiger partial charge in [0, 0.05) is 17.5 Å². The number of anilines is 1. The van der Waals surface area contributed by atoms with Crippen molar-refractivity contribution < 1.29 is 22.7 Å². The summed E-state index contributed by atoms with van der Waals surface area (Å²) in [5.41, 5.74) is 5.41. The Morgan fingerprint density at radius 1 is 1.38 bits per heavy atom. The van der Waals surface area contributed by atoms with Crippen LogP contribution in [0.1, 0.15) is 12.8 Å². The van der Waals surface area contributed by atoms with Gasteiger partial charge in [0.2, 0.25) is 5.91 Å². The van der Waals surface area contributed by atoms with Gasteiger partial charge in [0.1, 0.15) is 5.75 Å². The molecule has 0 aromatic heterocycles. The van der Waals surface area contributed by atoms with Crippen molar-refractivity contribution in [3.05, 3.63) is 23.2 Å². The summed E-state index contributed by atoms with van der Waals surface area (Å²) in [4.78, 5) is 11.5. The van der Waals surface area contributed by atoms with E-state index in [1.54, 1.807) is 0 Å². The van der Waals surface area contributed by atoms with E-state index in [-0.39, 0.29) is 41.2 Å². The Balaban J connectivity index is 0.00000400. The molecule has 0 aliphatic carbocycles. The first-order valence-corrected chi connectivity index (χ1v) is 6.18. The summed E-state index contributed by atoms with van der Waals surface area (Å²) >= 11 is 5.70. The molecule has 3 N–H and O–H groups in total. The second-order valence-corrected chi connectivity index (χ2v) is 4.42. The van der Waals surface area contributed by atoms with Crippen molar-refractivity contribution in [2.45, 2.75) is 19.0 Å². The molecule has 0 aliphatic rings. The average molecular weight is 347 g/mol. The molecule has 21 heavy (non-hydrogen) atoms. The lowest BCUT2D eigenvalue weighted by molar-refractivity contribution is -0.153. The molecule has 0 fully saturated rings. The van der Waals surface area contributed by atoms with Crippen molar-refractivity contribution >= 4 is 35.6 Å². The predicted molar refractivity (Wildman–Crippen MR) is 77.2 cm³/mol. The lowest BCUT2D eigenvalue weighted by atomic mass is 10.2. The Bertz CT molecular complexity index is 470. The van der Waals surface area contributed by atoms with Crippen molar-refractivity contribution in [2.75, 3.05) is 18.5 Å². The number of halogens is 5. The van der Waals surface area contributed by atoms with Crippen LogP contribution in [-0.2, 0) is 4.79 Å². The molecule has 0 atom stereocenters. The molecular formula is C12H15Cl2F3N2O2. The molecular weight excluding hydrogens is 332 g/mol. The van der Waals surface area contributed by atoms with Gasteiger partial charge in [0.05, 0.1) is 5.69 Å². The van der Waals surface area contributed by atoms with Crippen LogP contribution in [0.15, 0.2) is 18.2 Å². The smallest absolute Gasteiger partial charge is 0.422 e. The minimum Gasteiger partial charge on any atom is -0.482 e. The van der Waals surface area contributed by atoms with E-state index >= 15 is 0 Å². The summed E-state index contributed by atoms with van der Waals surface area (Å²) in [6.45, 7) is -1.11. The molecule has 1 rings (SSSR count). The van der Waals surface area contributed by atoms with E-state index < -0.39 is 12.8 Å². The van der Waals surface area contributed by atoms with Crippen LogP contribution >= 0.6 is 24.0 Å². The van der Waals surface area contributed by atoms with Gasteiger partial charge >= 0.3 is 6.18 Å². The predicted octanol–water partition coefficient (Wildman–Crippen LogP) is 3.38. The number of hydrogen-bond acceptors (Lipinski definition) is 3. The van der Waals surface area contributed by atoms with E-state index in [2.05, 4.69) is 10.1 Å². The highest BCUT2D eigenvalue weighted by Crippen LogP contribution is 2.30. The van der Waals surface area contributed by atoms with Gasteiger partial charge in [-0.3, -0.25) is 4.79 Å². The minimum atomic E-state index is -4.47. The number of carbonyl (C=O) groups is 1. The summed E-state index contributed by atoms with van der Waals surface area (Å²) in [5, 5.41) is 2.67. The lowest BCUT2D eigenvalue weighted by Gasteiger charge is -2.14. The normalized spacial score (nSPS) is 10.7. The van der Waals surface area contributed by atoms with Gasteiger partial charge in [-0.15, -0.1) is 12.4 Å². The Morgan fingerprint density at radius 3 is 2.62 bits per heavy atom. The topological polar surface area (TPSA) is 64.4 Å². The standard InChI is InChI=1S/C12H14ClF3N2O2.ClH/c13-8-3-4-9(18-11(19)2-1-5-17)10(6-8)20-7-12(14,15)16;/h3-4,6H,1-2,5,7,17H2,(H,18,19);1H. The number of carbonyl (C=O) groups excluding carboxylic acids is 1. The molecule has 1 aromatic rings. The number of ether oxygens (including phenoxy) is 1. The van der Waals surface area contributed by atoms with Gasteiger partial charge in [-0.05, 0) is 25.1 Å². The number of benzene rings is 1. The van der Waals surface area contributed by atoms with E-state index in [1.165, 1.54) is 18.2 Å². The van der Waals surface area contributed by atoms with Crippen LogP contribution in [0.25, 0.3) is 0 Å². The number of hydrogen-bond donors (Lipinski definition) is 2. The van der Waals surface area contributed by atoms with Crippen molar-refractivity contribution in [3.63, 3.8) is 0 Å². The summed E-state index contributed by atoms with van der Waals surface area (Å²) in [5.74, 6) is -0.481. The summed E-state index contributed by atoms with van der Waals surface area (Å²) in [6, 6.07) is 4.04. The van der Waals surface area contributed by atoms with E-state index in [9.17, 15) is 18.0 Å². The Morgan fingerprint density at radius 2 is 2.05 bits per heavy atom. The SMILES string of the molecule is Cl.NCCCC(=O)Nc1ccc(Cl)cc1OCC(F)(F)F. The molecule has 4 nitrogen and oxygen atoms in total. The fraction of sp³-hybridized carbons (Fsp3) is 0.417. The zero-order valence-electron chi connectivity index (χ0n) is 10.9. The van der Waals surface area contributed by atoms with Crippen LogP contribution < -0.4 is 15.8 Å². The summed E-state index contributed by atoms with van der Waals surface area (Å²) < 4.78 is 41.1. The summed E-state index contributed by atoms with van der Waals surface area (Å²) in [7, 11) is 0. The molecule has 120 valence electrons. The van der Waals surface area contributed by atoms with Crippen LogP contribution in [-0.4, -0.2) is 25.2 Å². The van der Waals surface area contributed by atoms with E-state index in [1.807, 2.05) is 0 Å². The van der Waals surface area contributed by atoms with Gasteiger partial charge in [0.25, 0.3) is 0 Å². The largest absolute Gasteiger partial charge is 0.482 e. The van der Waals surface area contributed by atoms with Crippen LogP contribution in [0.2, 0.25) is 5.02 Å². The van der Waals surface area contributed by atoms with E-state index in [4.69, 9.17) is 17.3 Å². The zero-order chi connectivity index (χ0) is 15.2. The first-order valence-electron chi connectivity index (χ1n) is 5.81. The molecule has 1 amide bonds. The van der Waals surface area contributed by atoms with Gasteiger partial charge in [0.15, 0.2) is 6.61 Å². The number of nitrogens with two attached hydrogens (primary N) is 1. The van der Waals surface area contributed by atoms with Crippen molar-refractivity contribution in [1.82, 2.24) is 0 Å². The fourth-order valence-corrected chi connectivity index (χ4v) is 1.52. The highest BCUT2D eigenvalue weighted by Gasteiger charge is 2.29. The molecule has 0 heterocycles. The van der Waals surface area contributed by atoms with Gasteiger partial charge < -0.3 is 15.8 Å². The quantitative estimate of drug-likeness (QED) is 0.829. The van der Waals surface area contributed by atoms with Crippen LogP contribution in [0.3, 0.4) is 0 Å². The van der Waals surface area contributed by atoms with Crippen molar-refractivity contribution in [3.8, 4) is 5.75 Å². The molecule has 0 saturated carbocycles. The van der Waals surface area contributed by atoms with Crippen LogP contribution in [0.5, 0.6) is 5.75 Å². The van der Waals surface area contributed by atoms with E-state index in [0.29, 0.717) is 13.0 Å². The number of rotatable bonds is 6. The molecule has 0 spiro atoms. The average Bonchev–Trinajstić information content (AvgIpc) is 2.35. The van der Waals surface area contributed by atoms with Crippen LogP contribution in [0, 0.1) is 0 Å².